The molecule has 0 bridgehead atoms. The fourth-order valence-electron chi connectivity index (χ4n) is 4.28. The number of rotatable bonds is 12. The number of nitriles is 2. The predicted octanol–water partition coefficient (Wildman–Crippen LogP) is 6.53. The number of aromatic nitrogens is 2. The second-order valence-electron chi connectivity index (χ2n) is 11.4. The third kappa shape index (κ3) is 12.2. The van der Waals surface area contributed by atoms with E-state index in [-0.39, 0.29) is 29.0 Å². The summed E-state index contributed by atoms with van der Waals surface area (Å²) in [6.45, 7) is 7.91. The van der Waals surface area contributed by atoms with Crippen molar-refractivity contribution < 1.29 is 17.9 Å². The predicted molar refractivity (Wildman–Crippen MR) is 182 cm³/mol. The van der Waals surface area contributed by atoms with Crippen molar-refractivity contribution in [2.75, 3.05) is 11.5 Å². The smallest absolute Gasteiger partial charge is 0.141 e. The van der Waals surface area contributed by atoms with Crippen LogP contribution in [0.25, 0.3) is 0 Å². The molecule has 2 heterocycles. The molecule has 8 nitrogen and oxygen atoms in total. The molecular formula is C35H36F2N6O2S2. The van der Waals surface area contributed by atoms with Gasteiger partial charge in [-0.15, -0.1) is 4.72 Å². The van der Waals surface area contributed by atoms with Crippen LogP contribution in [0.4, 0.5) is 8.78 Å². The van der Waals surface area contributed by atoms with E-state index in [1.807, 2.05) is 45.9 Å². The third-order valence-corrected chi connectivity index (χ3v) is 9.26. The van der Waals surface area contributed by atoms with Crippen LogP contribution in [0.2, 0.25) is 0 Å². The molecule has 0 saturated heterocycles. The van der Waals surface area contributed by atoms with Crippen LogP contribution in [-0.4, -0.2) is 36.3 Å². The summed E-state index contributed by atoms with van der Waals surface area (Å²) in [6.07, 6.45) is 7.15. The zero-order chi connectivity index (χ0) is 34.3. The monoisotopic (exact) mass is 674 g/mol. The van der Waals surface area contributed by atoms with Gasteiger partial charge in [0, 0.05) is 53.2 Å². The molecule has 0 aliphatic rings. The van der Waals surface area contributed by atoms with Crippen LogP contribution in [0.5, 0.6) is 0 Å². The lowest BCUT2D eigenvalue weighted by Gasteiger charge is -2.22. The van der Waals surface area contributed by atoms with Crippen molar-refractivity contribution in [1.82, 2.24) is 14.7 Å². The van der Waals surface area contributed by atoms with E-state index in [1.54, 1.807) is 55.1 Å². The summed E-state index contributed by atoms with van der Waals surface area (Å²) >= 11 is -2.65. The van der Waals surface area contributed by atoms with Crippen molar-refractivity contribution in [2.24, 2.45) is 16.2 Å². The van der Waals surface area contributed by atoms with Gasteiger partial charge in [0.15, 0.2) is 0 Å². The van der Waals surface area contributed by atoms with E-state index < -0.39 is 34.4 Å². The van der Waals surface area contributed by atoms with Crippen LogP contribution in [0.3, 0.4) is 0 Å². The lowest BCUT2D eigenvalue weighted by atomic mass is 9.99. The highest BCUT2D eigenvalue weighted by molar-refractivity contribution is 7.90. The summed E-state index contributed by atoms with van der Waals surface area (Å²) in [4.78, 5) is 8.11. The van der Waals surface area contributed by atoms with Crippen molar-refractivity contribution in [3.05, 3.63) is 130 Å². The number of nitrogens with one attached hydrogen (secondary N) is 1. The van der Waals surface area contributed by atoms with E-state index in [0.29, 0.717) is 40.3 Å². The van der Waals surface area contributed by atoms with Gasteiger partial charge >= 0.3 is 0 Å². The highest BCUT2D eigenvalue weighted by atomic mass is 32.2. The third-order valence-electron chi connectivity index (χ3n) is 6.40. The molecule has 0 aliphatic heterocycles. The summed E-state index contributed by atoms with van der Waals surface area (Å²) in [5, 5.41) is 17.7. The zero-order valence-corrected chi connectivity index (χ0v) is 28.2. The van der Waals surface area contributed by atoms with E-state index >= 15 is 0 Å². The van der Waals surface area contributed by atoms with Crippen LogP contribution in [0.1, 0.15) is 67.1 Å². The van der Waals surface area contributed by atoms with Crippen LogP contribution in [0.15, 0.2) is 89.8 Å². The van der Waals surface area contributed by atoms with Gasteiger partial charge in [0.1, 0.15) is 41.0 Å². The molecule has 4 rings (SSSR count). The van der Waals surface area contributed by atoms with Crippen molar-refractivity contribution in [2.45, 2.75) is 40.2 Å². The maximum Gasteiger partial charge on any atom is 0.141 e. The first-order valence-corrected chi connectivity index (χ1v) is 17.4. The second-order valence-corrected chi connectivity index (χ2v) is 13.8. The molecule has 0 radical (unpaired) electrons. The van der Waals surface area contributed by atoms with Crippen molar-refractivity contribution in [3.8, 4) is 12.1 Å². The van der Waals surface area contributed by atoms with E-state index in [4.69, 9.17) is 10.5 Å². The Morgan fingerprint density at radius 2 is 1.45 bits per heavy atom. The Bertz CT molecular complexity index is 1700. The summed E-state index contributed by atoms with van der Waals surface area (Å²) in [5.74, 6) is 0.256. The molecule has 3 atom stereocenters. The fraction of sp³-hybridized carbons (Fsp3) is 0.286. The molecule has 2 aromatic heterocycles. The SMILES string of the molecule is CC(C)C[S+]([O-])N=C(c1cccnc1)c1ccc(C#N)c(F)c1.CC(C)C[S+]([O-])NC(Cc1cccnc1)c1ccc(C#N)c(F)c1. The minimum atomic E-state index is -1.42. The molecule has 0 saturated carbocycles. The van der Waals surface area contributed by atoms with E-state index in [0.717, 1.165) is 5.56 Å². The molecule has 0 spiro atoms. The second kappa shape index (κ2) is 18.8. The molecule has 12 heteroatoms. The van der Waals surface area contributed by atoms with Crippen LogP contribution in [-0.2, 0) is 29.1 Å². The van der Waals surface area contributed by atoms with Crippen molar-refractivity contribution in [3.63, 3.8) is 0 Å². The number of benzene rings is 2. The molecular weight excluding hydrogens is 639 g/mol. The minimum absolute atomic E-state index is 0.00202. The van der Waals surface area contributed by atoms with Crippen LogP contribution < -0.4 is 4.72 Å². The molecule has 1 N–H and O–H groups in total. The fourth-order valence-corrected chi connectivity index (χ4v) is 6.58. The molecule has 4 aromatic rings. The van der Waals surface area contributed by atoms with Gasteiger partial charge < -0.3 is 9.11 Å². The van der Waals surface area contributed by atoms with Gasteiger partial charge in [-0.25, -0.2) is 8.78 Å². The number of pyridine rings is 2. The Morgan fingerprint density at radius 1 is 0.830 bits per heavy atom. The van der Waals surface area contributed by atoms with Gasteiger partial charge in [-0.2, -0.15) is 10.5 Å². The lowest BCUT2D eigenvalue weighted by molar-refractivity contribution is 0.540. The molecule has 0 fully saturated rings. The zero-order valence-electron chi connectivity index (χ0n) is 26.6. The Hall–Kier alpha value is -4.17. The maximum atomic E-state index is 14.0. The molecule has 0 aliphatic carbocycles. The average molecular weight is 675 g/mol. The van der Waals surface area contributed by atoms with Crippen molar-refractivity contribution >= 4 is 28.4 Å². The Kier molecular flexibility index (Phi) is 15.0. The molecule has 47 heavy (non-hydrogen) atoms. The van der Waals surface area contributed by atoms with Crippen LogP contribution in [0, 0.1) is 46.1 Å². The van der Waals surface area contributed by atoms with Crippen LogP contribution >= 0.6 is 0 Å². The molecule has 244 valence electrons. The number of hydrogen-bond donors (Lipinski definition) is 1. The summed E-state index contributed by atoms with van der Waals surface area (Å²) in [6, 6.07) is 19.2. The van der Waals surface area contributed by atoms with Gasteiger partial charge in [0.25, 0.3) is 0 Å². The molecule has 0 amide bonds. The van der Waals surface area contributed by atoms with Gasteiger partial charge in [-0.05, 0) is 65.9 Å². The first-order valence-electron chi connectivity index (χ1n) is 14.8. The quantitative estimate of drug-likeness (QED) is 0.133. The molecule has 3 unspecified atom stereocenters. The van der Waals surface area contributed by atoms with E-state index in [9.17, 15) is 17.9 Å². The lowest BCUT2D eigenvalue weighted by Crippen LogP contribution is -2.33. The van der Waals surface area contributed by atoms with Gasteiger partial charge in [-0.1, -0.05) is 50.3 Å². The first-order chi connectivity index (χ1) is 22.5. The van der Waals surface area contributed by atoms with E-state index in [2.05, 4.69) is 19.1 Å². The van der Waals surface area contributed by atoms with Gasteiger partial charge in [0.2, 0.25) is 0 Å². The average Bonchev–Trinajstić information content (AvgIpc) is 3.04. The minimum Gasteiger partial charge on any atom is -0.598 e. The topological polar surface area (TPSA) is 144 Å². The molecule has 2 aromatic carbocycles. The summed E-state index contributed by atoms with van der Waals surface area (Å²) in [7, 11) is 0. The van der Waals surface area contributed by atoms with E-state index in [1.165, 1.54) is 24.3 Å². The Balaban J connectivity index is 0.000000256. The maximum absolute atomic E-state index is 14.0. The normalized spacial score (nSPS) is 13.2. The Morgan fingerprint density at radius 3 is 1.98 bits per heavy atom. The highest BCUT2D eigenvalue weighted by Gasteiger charge is 2.21. The summed E-state index contributed by atoms with van der Waals surface area (Å²) in [5.41, 5.74) is 3.10. The van der Waals surface area contributed by atoms with Crippen molar-refractivity contribution in [1.29, 1.82) is 10.5 Å². The van der Waals surface area contributed by atoms with Gasteiger partial charge in [0.05, 0.1) is 28.5 Å². The number of nitrogens with zero attached hydrogens (tertiary/aromatic N) is 5. The summed E-state index contributed by atoms with van der Waals surface area (Å²) < 4.78 is 59.6. The number of halogens is 2. The largest absolute Gasteiger partial charge is 0.598 e. The first kappa shape index (κ1) is 37.3. The highest BCUT2D eigenvalue weighted by Crippen LogP contribution is 2.22. The number of hydrogen-bond acceptors (Lipinski definition) is 8. The standard InChI is InChI=1S/C18H20FN3OS.C17H16FN3OS/c1-13(2)12-24(23)22-18(8-14-4-3-7-21-11-14)15-5-6-16(10-20)17(19)9-15;1-12(2)11-23(22)21-17(15-4-3-7-20-10-15)13-5-6-14(9-19)16(18)8-13/h3-7,9,11,13,18,22H,8,12H2,1-2H3;3-8,10,12H,11H2,1-2H3. The van der Waals surface area contributed by atoms with Gasteiger partial charge in [-0.3, -0.25) is 9.97 Å². The Labute approximate surface area is 281 Å².